The third-order valence-corrected chi connectivity index (χ3v) is 4.86. The number of aromatic nitrogens is 3. The highest BCUT2D eigenvalue weighted by Crippen LogP contribution is 2.28. The first kappa shape index (κ1) is 24.3. The first-order chi connectivity index (χ1) is 15.7. The van der Waals surface area contributed by atoms with Crippen LogP contribution in [0.25, 0.3) is 22.8 Å². The molecule has 0 aliphatic rings. The van der Waals surface area contributed by atoms with Gasteiger partial charge in [0.15, 0.2) is 0 Å². The van der Waals surface area contributed by atoms with Crippen LogP contribution in [0, 0.1) is 19.8 Å². The van der Waals surface area contributed by atoms with Crippen LogP contribution in [0.4, 0.5) is 0 Å². The maximum Gasteiger partial charge on any atom is 0.258 e. The molecule has 0 aliphatic heterocycles. The summed E-state index contributed by atoms with van der Waals surface area (Å²) in [4.78, 5) is 20.2. The molecule has 1 amide bonds. The Morgan fingerprint density at radius 2 is 1.97 bits per heavy atom. The molecule has 33 heavy (non-hydrogen) atoms. The number of hydrogen-bond donors (Lipinski definition) is 3. The molecular weight excluding hydrogens is 424 g/mol. The summed E-state index contributed by atoms with van der Waals surface area (Å²) < 4.78 is 11.1. The first-order valence-corrected chi connectivity index (χ1v) is 10.9. The Morgan fingerprint density at radius 1 is 1.18 bits per heavy atom. The summed E-state index contributed by atoms with van der Waals surface area (Å²) in [5.74, 6) is 1.42. The Balaban J connectivity index is 1.69. The topological polar surface area (TPSA) is 131 Å². The molecule has 0 spiro atoms. The van der Waals surface area contributed by atoms with Gasteiger partial charge in [0.25, 0.3) is 5.89 Å². The van der Waals surface area contributed by atoms with E-state index in [-0.39, 0.29) is 13.2 Å². The third kappa shape index (κ3) is 6.84. The van der Waals surface area contributed by atoms with Crippen LogP contribution in [-0.2, 0) is 11.2 Å². The molecule has 2 aromatic heterocycles. The largest absolute Gasteiger partial charge is 0.491 e. The molecule has 9 heteroatoms. The first-order valence-electron chi connectivity index (χ1n) is 10.9. The van der Waals surface area contributed by atoms with Crippen molar-refractivity contribution in [3.8, 4) is 28.6 Å². The number of ether oxygens (including phenoxy) is 1. The van der Waals surface area contributed by atoms with Crippen LogP contribution in [0.15, 0.2) is 34.9 Å². The Kier molecular flexibility index (Phi) is 8.13. The number of rotatable bonds is 10. The molecule has 1 aromatic carbocycles. The lowest BCUT2D eigenvalue weighted by molar-refractivity contribution is -0.124. The predicted molar refractivity (Wildman–Crippen MR) is 123 cm³/mol. The fraction of sp³-hybridized carbons (Fsp3) is 0.417. The Morgan fingerprint density at radius 3 is 2.67 bits per heavy atom. The van der Waals surface area contributed by atoms with Gasteiger partial charge in [-0.1, -0.05) is 19.0 Å². The Hall–Kier alpha value is -3.30. The number of benzene rings is 1. The van der Waals surface area contributed by atoms with Crippen LogP contribution in [-0.4, -0.2) is 57.1 Å². The maximum atomic E-state index is 11.0. The molecule has 3 rings (SSSR count). The van der Waals surface area contributed by atoms with Crippen LogP contribution in [0.1, 0.15) is 30.8 Å². The van der Waals surface area contributed by atoms with Gasteiger partial charge < -0.3 is 24.8 Å². The molecule has 2 heterocycles. The number of aliphatic hydroxyl groups excluding tert-OH is 2. The minimum absolute atomic E-state index is 0.00302. The number of nitrogens with one attached hydrogen (secondary N) is 1. The summed E-state index contributed by atoms with van der Waals surface area (Å²) in [5.41, 5.74) is 4.43. The van der Waals surface area contributed by atoms with Gasteiger partial charge in [-0.05, 0) is 62.1 Å². The monoisotopic (exact) mass is 454 g/mol. The average molecular weight is 455 g/mol. The summed E-state index contributed by atoms with van der Waals surface area (Å²) in [6.07, 6.45) is -0.0247. The predicted octanol–water partition coefficient (Wildman–Crippen LogP) is 2.46. The molecule has 0 aliphatic carbocycles. The van der Waals surface area contributed by atoms with E-state index in [1.165, 1.54) is 0 Å². The average Bonchev–Trinajstić information content (AvgIpc) is 3.25. The summed E-state index contributed by atoms with van der Waals surface area (Å²) >= 11 is 0. The van der Waals surface area contributed by atoms with Crippen LogP contribution < -0.4 is 10.1 Å². The van der Waals surface area contributed by atoms with Crippen LogP contribution in [0.3, 0.4) is 0 Å². The molecule has 0 saturated heterocycles. The lowest BCUT2D eigenvalue weighted by atomic mass is 10.1. The SMILES string of the molecule is Cc1cc(-c2nc(-c3ccc(OCC(O)CNC(=O)CO)cc3C)no2)cc(CC(C)C)n1. The number of aryl methyl sites for hydroxylation is 2. The van der Waals surface area contributed by atoms with Crippen LogP contribution >= 0.6 is 0 Å². The molecular formula is C24H30N4O5. The third-order valence-electron chi connectivity index (χ3n) is 4.86. The van der Waals surface area contributed by atoms with Gasteiger partial charge in [0, 0.05) is 29.1 Å². The molecule has 176 valence electrons. The smallest absolute Gasteiger partial charge is 0.258 e. The van der Waals surface area contributed by atoms with Gasteiger partial charge in [0.1, 0.15) is 25.1 Å². The number of aliphatic hydroxyl groups is 2. The van der Waals surface area contributed by atoms with E-state index in [4.69, 9.17) is 14.4 Å². The van der Waals surface area contributed by atoms with Gasteiger partial charge in [-0.3, -0.25) is 9.78 Å². The van der Waals surface area contributed by atoms with Gasteiger partial charge >= 0.3 is 0 Å². The van der Waals surface area contributed by atoms with Gasteiger partial charge in [-0.15, -0.1) is 0 Å². The number of hydrogen-bond acceptors (Lipinski definition) is 8. The Bertz CT molecular complexity index is 1100. The standard InChI is InChI=1S/C24H30N4O5/c1-14(2)7-18-10-17(9-16(4)26-18)24-27-23(28-33-24)21-6-5-20(8-15(21)3)32-13-19(30)11-25-22(31)12-29/h5-6,8-10,14,19,29-30H,7,11-13H2,1-4H3,(H,25,31). The lowest BCUT2D eigenvalue weighted by Gasteiger charge is -2.13. The fourth-order valence-corrected chi connectivity index (χ4v) is 3.35. The molecule has 1 unspecified atom stereocenters. The molecule has 0 radical (unpaired) electrons. The summed E-state index contributed by atoms with van der Waals surface area (Å²) in [6, 6.07) is 9.33. The zero-order chi connectivity index (χ0) is 24.0. The molecule has 0 fully saturated rings. The molecule has 9 nitrogen and oxygen atoms in total. The summed E-state index contributed by atoms with van der Waals surface area (Å²) in [5, 5.41) is 25.1. The minimum atomic E-state index is -0.898. The van der Waals surface area contributed by atoms with E-state index in [1.54, 1.807) is 6.07 Å². The highest BCUT2D eigenvalue weighted by Gasteiger charge is 2.15. The van der Waals surface area contributed by atoms with Gasteiger partial charge in [0.05, 0.1) is 0 Å². The summed E-state index contributed by atoms with van der Waals surface area (Å²) in [7, 11) is 0. The van der Waals surface area contributed by atoms with Gasteiger partial charge in [0.2, 0.25) is 11.7 Å². The van der Waals surface area contributed by atoms with E-state index >= 15 is 0 Å². The lowest BCUT2D eigenvalue weighted by Crippen LogP contribution is -2.36. The van der Waals surface area contributed by atoms with Crippen molar-refractivity contribution in [2.24, 2.45) is 5.92 Å². The van der Waals surface area contributed by atoms with Crippen LogP contribution in [0.5, 0.6) is 5.75 Å². The number of nitrogens with zero attached hydrogens (tertiary/aromatic N) is 3. The van der Waals surface area contributed by atoms with Crippen molar-refractivity contribution in [3.63, 3.8) is 0 Å². The highest BCUT2D eigenvalue weighted by molar-refractivity contribution is 5.76. The van der Waals surface area contributed by atoms with Crippen molar-refractivity contribution in [1.82, 2.24) is 20.4 Å². The van der Waals surface area contributed by atoms with E-state index in [2.05, 4.69) is 34.3 Å². The zero-order valence-corrected chi connectivity index (χ0v) is 19.3. The van der Waals surface area contributed by atoms with Crippen molar-refractivity contribution >= 4 is 5.91 Å². The van der Waals surface area contributed by atoms with Crippen molar-refractivity contribution in [2.45, 2.75) is 40.2 Å². The molecule has 0 saturated carbocycles. The second-order valence-corrected chi connectivity index (χ2v) is 8.41. The van der Waals surface area contributed by atoms with E-state index in [1.807, 2.05) is 38.1 Å². The highest BCUT2D eigenvalue weighted by atomic mass is 16.5. The normalized spacial score (nSPS) is 12.1. The van der Waals surface area contributed by atoms with E-state index in [0.717, 1.165) is 34.5 Å². The molecule has 3 aromatic rings. The second-order valence-electron chi connectivity index (χ2n) is 8.41. The maximum absolute atomic E-state index is 11.0. The van der Waals surface area contributed by atoms with Gasteiger partial charge in [-0.25, -0.2) is 0 Å². The fourth-order valence-electron chi connectivity index (χ4n) is 3.35. The van der Waals surface area contributed by atoms with E-state index in [0.29, 0.717) is 23.4 Å². The summed E-state index contributed by atoms with van der Waals surface area (Å²) in [6.45, 7) is 7.54. The Labute approximate surface area is 192 Å². The van der Waals surface area contributed by atoms with E-state index < -0.39 is 18.6 Å². The zero-order valence-electron chi connectivity index (χ0n) is 19.3. The quantitative estimate of drug-likeness (QED) is 0.426. The number of amides is 1. The second kappa shape index (κ2) is 11.0. The van der Waals surface area contributed by atoms with Gasteiger partial charge in [-0.2, -0.15) is 4.98 Å². The number of carbonyl (C=O) groups excluding carboxylic acids is 1. The minimum Gasteiger partial charge on any atom is -0.491 e. The van der Waals surface area contributed by atoms with Crippen molar-refractivity contribution in [2.75, 3.05) is 19.8 Å². The van der Waals surface area contributed by atoms with Crippen molar-refractivity contribution in [3.05, 3.63) is 47.3 Å². The van der Waals surface area contributed by atoms with Crippen molar-refractivity contribution in [1.29, 1.82) is 0 Å². The molecule has 0 bridgehead atoms. The van der Waals surface area contributed by atoms with E-state index in [9.17, 15) is 9.90 Å². The van der Waals surface area contributed by atoms with Crippen LogP contribution in [0.2, 0.25) is 0 Å². The molecule has 1 atom stereocenters. The van der Waals surface area contributed by atoms with Crippen molar-refractivity contribution < 1.29 is 24.3 Å². The number of pyridine rings is 1. The molecule has 3 N–H and O–H groups in total. The number of carbonyl (C=O) groups is 1.